The van der Waals surface area contributed by atoms with Gasteiger partial charge in [0.25, 0.3) is 5.91 Å². The molecule has 3 rings (SSSR count). The Hall–Kier alpha value is -1.99. The van der Waals surface area contributed by atoms with Crippen LogP contribution in [0.2, 0.25) is 0 Å². The van der Waals surface area contributed by atoms with Crippen LogP contribution in [0.15, 0.2) is 18.5 Å². The molecule has 1 N–H and O–H groups in total. The molecule has 3 heterocycles. The third kappa shape index (κ3) is 3.51. The maximum Gasteiger partial charge on any atom is 0.259 e. The molecule has 0 aliphatic carbocycles. The number of hydrogen-bond acceptors (Lipinski definition) is 5. The predicted molar refractivity (Wildman–Crippen MR) is 86.4 cm³/mol. The van der Waals surface area contributed by atoms with E-state index in [1.165, 1.54) is 0 Å². The predicted octanol–water partition coefficient (Wildman–Crippen LogP) is 0.566. The molecule has 1 fully saturated rings. The fraction of sp³-hybridized carbons (Fsp3) is 0.562. The molecule has 0 aromatic carbocycles. The summed E-state index contributed by atoms with van der Waals surface area (Å²) in [5.74, 6) is -0.0268. The molecular formula is C16H23N5O2. The summed E-state index contributed by atoms with van der Waals surface area (Å²) >= 11 is 0. The largest absolute Gasteiger partial charge is 0.389 e. The Morgan fingerprint density at radius 3 is 2.65 bits per heavy atom. The van der Waals surface area contributed by atoms with E-state index in [1.54, 1.807) is 24.6 Å². The normalized spacial score (nSPS) is 17.0. The van der Waals surface area contributed by atoms with Crippen molar-refractivity contribution in [2.24, 2.45) is 0 Å². The van der Waals surface area contributed by atoms with Gasteiger partial charge < -0.3 is 10.0 Å². The highest BCUT2D eigenvalue weighted by Crippen LogP contribution is 2.15. The van der Waals surface area contributed by atoms with Gasteiger partial charge in [-0.3, -0.25) is 9.69 Å². The second-order valence-corrected chi connectivity index (χ2v) is 6.78. The van der Waals surface area contributed by atoms with Crippen LogP contribution in [0.25, 0.3) is 5.65 Å². The summed E-state index contributed by atoms with van der Waals surface area (Å²) < 4.78 is 1.63. The lowest BCUT2D eigenvalue weighted by atomic mass is 10.1. The van der Waals surface area contributed by atoms with Crippen LogP contribution in [0.3, 0.4) is 0 Å². The van der Waals surface area contributed by atoms with Crippen LogP contribution in [0.5, 0.6) is 0 Å². The zero-order valence-corrected chi connectivity index (χ0v) is 13.9. The van der Waals surface area contributed by atoms with Crippen molar-refractivity contribution in [3.05, 3.63) is 29.7 Å². The summed E-state index contributed by atoms with van der Waals surface area (Å²) in [5.41, 5.74) is 1.30. The average Bonchev–Trinajstić information content (AvgIpc) is 2.88. The lowest BCUT2D eigenvalue weighted by molar-refractivity contribution is 0.0179. The van der Waals surface area contributed by atoms with Crippen molar-refractivity contribution in [2.45, 2.75) is 26.4 Å². The molecule has 0 atom stereocenters. The molecule has 1 aliphatic rings. The quantitative estimate of drug-likeness (QED) is 0.896. The van der Waals surface area contributed by atoms with Gasteiger partial charge in [0.05, 0.1) is 11.8 Å². The molecule has 1 saturated heterocycles. The van der Waals surface area contributed by atoms with E-state index in [9.17, 15) is 9.90 Å². The number of β-amino-alcohol motifs (C(OH)–C–C–N with tert-alkyl or cyclic N) is 1. The highest BCUT2D eigenvalue weighted by Gasteiger charge is 2.27. The van der Waals surface area contributed by atoms with Gasteiger partial charge in [0.15, 0.2) is 5.65 Å². The molecule has 7 heteroatoms. The molecule has 124 valence electrons. The number of fused-ring (bicyclic) bond motifs is 1. The second kappa shape index (κ2) is 5.90. The molecule has 0 radical (unpaired) electrons. The van der Waals surface area contributed by atoms with Crippen LogP contribution in [-0.4, -0.2) is 73.7 Å². The molecule has 23 heavy (non-hydrogen) atoms. The summed E-state index contributed by atoms with van der Waals surface area (Å²) in [5, 5.41) is 14.1. The summed E-state index contributed by atoms with van der Waals surface area (Å²) in [6.45, 7) is 8.96. The molecule has 2 aromatic heterocycles. The van der Waals surface area contributed by atoms with Gasteiger partial charge in [0.1, 0.15) is 5.56 Å². The Bertz CT molecular complexity index is 711. The maximum absolute atomic E-state index is 12.7. The third-order valence-electron chi connectivity index (χ3n) is 4.01. The van der Waals surface area contributed by atoms with Crippen molar-refractivity contribution in [3.8, 4) is 0 Å². The smallest absolute Gasteiger partial charge is 0.259 e. The standard InChI is InChI=1S/C16H23N5O2/c1-12-4-5-21-14(18-12)13(10-17-21)15(22)20-8-6-19(7-9-20)11-16(2,3)23/h4-5,10,23H,6-9,11H2,1-3H3. The van der Waals surface area contributed by atoms with Crippen molar-refractivity contribution in [2.75, 3.05) is 32.7 Å². The highest BCUT2D eigenvalue weighted by molar-refractivity contribution is 5.99. The minimum absolute atomic E-state index is 0.0268. The van der Waals surface area contributed by atoms with Gasteiger partial charge >= 0.3 is 0 Å². The maximum atomic E-state index is 12.7. The Labute approximate surface area is 135 Å². The average molecular weight is 317 g/mol. The Morgan fingerprint density at radius 1 is 1.30 bits per heavy atom. The van der Waals surface area contributed by atoms with Crippen molar-refractivity contribution in [1.82, 2.24) is 24.4 Å². The summed E-state index contributed by atoms with van der Waals surface area (Å²) in [6.07, 6.45) is 3.41. The molecule has 0 saturated carbocycles. The Kier molecular flexibility index (Phi) is 4.08. The first-order valence-corrected chi connectivity index (χ1v) is 7.88. The van der Waals surface area contributed by atoms with Crippen LogP contribution in [0, 0.1) is 6.92 Å². The van der Waals surface area contributed by atoms with Gasteiger partial charge in [-0.25, -0.2) is 9.50 Å². The molecular weight excluding hydrogens is 294 g/mol. The molecule has 2 aromatic rings. The number of nitrogens with zero attached hydrogens (tertiary/aromatic N) is 5. The van der Waals surface area contributed by atoms with Gasteiger partial charge in [0.2, 0.25) is 0 Å². The first kappa shape index (κ1) is 15.9. The summed E-state index contributed by atoms with van der Waals surface area (Å²) in [4.78, 5) is 21.2. The van der Waals surface area contributed by atoms with E-state index >= 15 is 0 Å². The van der Waals surface area contributed by atoms with E-state index in [1.807, 2.05) is 24.1 Å². The Balaban J connectivity index is 1.71. The van der Waals surface area contributed by atoms with Gasteiger partial charge in [-0.2, -0.15) is 5.10 Å². The molecule has 1 aliphatic heterocycles. The van der Waals surface area contributed by atoms with E-state index in [2.05, 4.69) is 15.0 Å². The lowest BCUT2D eigenvalue weighted by Crippen LogP contribution is -2.52. The van der Waals surface area contributed by atoms with Gasteiger partial charge in [-0.1, -0.05) is 0 Å². The third-order valence-corrected chi connectivity index (χ3v) is 4.01. The molecule has 1 amide bonds. The first-order valence-electron chi connectivity index (χ1n) is 7.88. The van der Waals surface area contributed by atoms with Crippen molar-refractivity contribution >= 4 is 11.6 Å². The Morgan fingerprint density at radius 2 is 2.00 bits per heavy atom. The molecule has 0 bridgehead atoms. The number of carbonyl (C=O) groups excluding carboxylic acids is 1. The van der Waals surface area contributed by atoms with Crippen LogP contribution in [-0.2, 0) is 0 Å². The zero-order valence-electron chi connectivity index (χ0n) is 13.9. The lowest BCUT2D eigenvalue weighted by Gasteiger charge is -2.37. The van der Waals surface area contributed by atoms with Crippen molar-refractivity contribution < 1.29 is 9.90 Å². The van der Waals surface area contributed by atoms with Crippen LogP contribution in [0.1, 0.15) is 29.9 Å². The van der Waals surface area contributed by atoms with Crippen LogP contribution in [0.4, 0.5) is 0 Å². The van der Waals surface area contributed by atoms with Gasteiger partial charge in [-0.05, 0) is 26.8 Å². The van der Waals surface area contributed by atoms with E-state index in [-0.39, 0.29) is 5.91 Å². The van der Waals surface area contributed by atoms with E-state index in [4.69, 9.17) is 0 Å². The van der Waals surface area contributed by atoms with Gasteiger partial charge in [-0.15, -0.1) is 0 Å². The summed E-state index contributed by atoms with van der Waals surface area (Å²) in [6, 6.07) is 1.86. The van der Waals surface area contributed by atoms with Crippen LogP contribution < -0.4 is 0 Å². The number of aryl methyl sites for hydroxylation is 1. The summed E-state index contributed by atoms with van der Waals surface area (Å²) in [7, 11) is 0. The number of aromatic nitrogens is 3. The topological polar surface area (TPSA) is 74.0 Å². The number of amides is 1. The van der Waals surface area contributed by atoms with E-state index in [0.29, 0.717) is 30.8 Å². The minimum Gasteiger partial charge on any atom is -0.389 e. The van der Waals surface area contributed by atoms with Crippen molar-refractivity contribution in [1.29, 1.82) is 0 Å². The fourth-order valence-corrected chi connectivity index (χ4v) is 2.94. The number of aliphatic hydroxyl groups is 1. The van der Waals surface area contributed by atoms with E-state index in [0.717, 1.165) is 18.8 Å². The molecule has 7 nitrogen and oxygen atoms in total. The second-order valence-electron chi connectivity index (χ2n) is 6.78. The minimum atomic E-state index is -0.712. The number of carbonyl (C=O) groups is 1. The fourth-order valence-electron chi connectivity index (χ4n) is 2.94. The molecule has 0 unspecified atom stereocenters. The SMILES string of the molecule is Cc1ccn2ncc(C(=O)N3CCN(CC(C)(C)O)CC3)c2n1. The van der Waals surface area contributed by atoms with Crippen molar-refractivity contribution in [3.63, 3.8) is 0 Å². The zero-order chi connectivity index (χ0) is 16.6. The highest BCUT2D eigenvalue weighted by atomic mass is 16.3. The van der Waals surface area contributed by atoms with Gasteiger partial charge in [0, 0.05) is 44.6 Å². The van der Waals surface area contributed by atoms with E-state index < -0.39 is 5.60 Å². The van der Waals surface area contributed by atoms with Crippen LogP contribution >= 0.6 is 0 Å². The first-order chi connectivity index (χ1) is 10.8. The number of piperazine rings is 1. The number of rotatable bonds is 3. The molecule has 0 spiro atoms. The monoisotopic (exact) mass is 317 g/mol. The number of hydrogen-bond donors (Lipinski definition) is 1.